The Morgan fingerprint density at radius 3 is 2.08 bits per heavy atom. The van der Waals surface area contributed by atoms with Crippen molar-refractivity contribution in [1.82, 2.24) is 25.9 Å². The van der Waals surface area contributed by atoms with Gasteiger partial charge in [0, 0.05) is 24.7 Å². The number of hydrogen-bond acceptors (Lipinski definition) is 8. The van der Waals surface area contributed by atoms with E-state index in [1.54, 1.807) is 0 Å². The van der Waals surface area contributed by atoms with Crippen molar-refractivity contribution in [2.24, 2.45) is 17.2 Å². The smallest absolute Gasteiger partial charge is 0.326 e. The third-order valence-corrected chi connectivity index (χ3v) is 6.12. The van der Waals surface area contributed by atoms with Crippen LogP contribution in [0.15, 0.2) is 42.9 Å². The van der Waals surface area contributed by atoms with Crippen LogP contribution in [-0.4, -0.2) is 75.4 Å². The summed E-state index contributed by atoms with van der Waals surface area (Å²) >= 11 is 0. The normalized spacial score (nSPS) is 13.8. The number of unbranched alkanes of at least 4 members (excludes halogenated alkanes) is 1. The molecule has 218 valence electrons. The van der Waals surface area contributed by atoms with Gasteiger partial charge in [-0.2, -0.15) is 0 Å². The topological polar surface area (TPSA) is 248 Å². The van der Waals surface area contributed by atoms with Crippen LogP contribution in [0.25, 0.3) is 0 Å². The highest BCUT2D eigenvalue weighted by atomic mass is 16.4. The molecule has 4 amide bonds. The van der Waals surface area contributed by atoms with Gasteiger partial charge in [-0.1, -0.05) is 30.3 Å². The maximum atomic E-state index is 13.2. The van der Waals surface area contributed by atoms with Crippen molar-refractivity contribution in [2.45, 2.75) is 69.1 Å². The van der Waals surface area contributed by atoms with Gasteiger partial charge in [0.2, 0.25) is 23.6 Å². The molecule has 2 rings (SSSR count). The molecule has 0 spiro atoms. The van der Waals surface area contributed by atoms with Gasteiger partial charge >= 0.3 is 5.97 Å². The summed E-state index contributed by atoms with van der Waals surface area (Å²) in [6.07, 6.45) is 3.85. The molecule has 0 fully saturated rings. The van der Waals surface area contributed by atoms with E-state index < -0.39 is 53.8 Å². The van der Waals surface area contributed by atoms with Crippen LogP contribution >= 0.6 is 0 Å². The highest BCUT2D eigenvalue weighted by Gasteiger charge is 2.30. The number of benzene rings is 1. The molecular formula is C26H38N8O6. The quantitative estimate of drug-likeness (QED) is 0.0985. The van der Waals surface area contributed by atoms with Crippen molar-refractivity contribution in [3.63, 3.8) is 0 Å². The lowest BCUT2D eigenvalue weighted by molar-refractivity contribution is -0.142. The van der Waals surface area contributed by atoms with Crippen molar-refractivity contribution in [3.8, 4) is 0 Å². The molecule has 14 nitrogen and oxygen atoms in total. The van der Waals surface area contributed by atoms with Gasteiger partial charge in [-0.3, -0.25) is 19.2 Å². The summed E-state index contributed by atoms with van der Waals surface area (Å²) in [6, 6.07) is 4.45. The zero-order chi connectivity index (χ0) is 29.5. The Bertz CT molecular complexity index is 1110. The van der Waals surface area contributed by atoms with Crippen LogP contribution in [0.4, 0.5) is 0 Å². The highest BCUT2D eigenvalue weighted by molar-refractivity contribution is 5.94. The molecule has 11 N–H and O–H groups in total. The number of carbonyl (C=O) groups excluding carboxylic acids is 4. The fourth-order valence-corrected chi connectivity index (χ4v) is 3.92. The summed E-state index contributed by atoms with van der Waals surface area (Å²) in [4.78, 5) is 69.0. The van der Waals surface area contributed by atoms with E-state index in [2.05, 4.69) is 25.9 Å². The molecule has 0 aliphatic heterocycles. The van der Waals surface area contributed by atoms with E-state index in [1.165, 1.54) is 12.5 Å². The van der Waals surface area contributed by atoms with Gasteiger partial charge in [0.25, 0.3) is 0 Å². The predicted octanol–water partition coefficient (Wildman–Crippen LogP) is -1.54. The van der Waals surface area contributed by atoms with Crippen LogP contribution in [-0.2, 0) is 36.8 Å². The van der Waals surface area contributed by atoms with Crippen molar-refractivity contribution in [1.29, 1.82) is 0 Å². The molecule has 4 unspecified atom stereocenters. The van der Waals surface area contributed by atoms with Gasteiger partial charge in [-0.25, -0.2) is 9.78 Å². The first-order valence-electron chi connectivity index (χ1n) is 13.0. The summed E-state index contributed by atoms with van der Waals surface area (Å²) in [5.74, 6) is -4.04. The Kier molecular flexibility index (Phi) is 13.3. The minimum atomic E-state index is -1.29. The standard InChI is InChI=1S/C26H38N8O6/c27-11-5-4-8-19(24(37)34-21(26(39)40)13-17-14-30-15-31-17)33-25(38)20(9-10-22(29)35)32-23(36)18(28)12-16-6-2-1-3-7-16/h1-3,6-7,14-15,18-21H,4-5,8-13,27-28H2,(H2,29,35)(H,30,31)(H,32,36)(H,33,38)(H,34,37)(H,39,40). The lowest BCUT2D eigenvalue weighted by Crippen LogP contribution is -2.57. The Morgan fingerprint density at radius 1 is 0.875 bits per heavy atom. The van der Waals surface area contributed by atoms with Crippen molar-refractivity contribution < 1.29 is 29.1 Å². The molecule has 1 heterocycles. The molecule has 2 aromatic rings. The number of carboxylic acid groups (broad SMARTS) is 1. The molecule has 0 aliphatic carbocycles. The predicted molar refractivity (Wildman–Crippen MR) is 145 cm³/mol. The van der Waals surface area contributed by atoms with E-state index in [9.17, 15) is 29.1 Å². The van der Waals surface area contributed by atoms with Crippen molar-refractivity contribution >= 4 is 29.6 Å². The van der Waals surface area contributed by atoms with E-state index in [0.717, 1.165) is 5.56 Å². The molecule has 1 aromatic heterocycles. The van der Waals surface area contributed by atoms with E-state index in [4.69, 9.17) is 17.2 Å². The lowest BCUT2D eigenvalue weighted by Gasteiger charge is -2.25. The first kappa shape index (κ1) is 31.9. The summed E-state index contributed by atoms with van der Waals surface area (Å²) in [6.45, 7) is 0.358. The SMILES string of the molecule is NCCCCC(NC(=O)C(CCC(N)=O)NC(=O)C(N)Cc1ccccc1)C(=O)NC(Cc1cnc[nH]1)C(=O)O. The number of nitrogens with one attached hydrogen (secondary N) is 4. The maximum absolute atomic E-state index is 13.2. The van der Waals surface area contributed by atoms with Gasteiger partial charge in [0.05, 0.1) is 12.4 Å². The average Bonchev–Trinajstić information content (AvgIpc) is 3.43. The first-order chi connectivity index (χ1) is 19.1. The second kappa shape index (κ2) is 16.6. The molecule has 14 heteroatoms. The average molecular weight is 559 g/mol. The first-order valence-corrected chi connectivity index (χ1v) is 13.0. The van der Waals surface area contributed by atoms with Crippen LogP contribution in [0.2, 0.25) is 0 Å². The summed E-state index contributed by atoms with van der Waals surface area (Å²) in [7, 11) is 0. The number of aliphatic carboxylic acids is 1. The number of nitrogens with zero attached hydrogens (tertiary/aromatic N) is 1. The molecule has 0 radical (unpaired) electrons. The number of carbonyl (C=O) groups is 5. The summed E-state index contributed by atoms with van der Waals surface area (Å²) < 4.78 is 0. The number of H-pyrrole nitrogens is 1. The van der Waals surface area contributed by atoms with Crippen molar-refractivity contribution in [2.75, 3.05) is 6.54 Å². The highest BCUT2D eigenvalue weighted by Crippen LogP contribution is 2.08. The molecular weight excluding hydrogens is 520 g/mol. The van der Waals surface area contributed by atoms with Gasteiger partial charge in [0.1, 0.15) is 18.1 Å². The van der Waals surface area contributed by atoms with Gasteiger partial charge in [-0.05, 0) is 44.2 Å². The lowest BCUT2D eigenvalue weighted by atomic mass is 10.0. The van der Waals surface area contributed by atoms with Gasteiger partial charge in [0.15, 0.2) is 0 Å². The van der Waals surface area contributed by atoms with E-state index in [-0.39, 0.29) is 32.1 Å². The Morgan fingerprint density at radius 2 is 1.50 bits per heavy atom. The fraction of sp³-hybridized carbons (Fsp3) is 0.462. The number of rotatable bonds is 18. The third kappa shape index (κ3) is 11.2. The number of primary amides is 1. The molecule has 1 aromatic carbocycles. The minimum absolute atomic E-state index is 0.0544. The number of imidazole rings is 1. The zero-order valence-corrected chi connectivity index (χ0v) is 22.2. The Hall–Kier alpha value is -4.30. The van der Waals surface area contributed by atoms with Crippen LogP contribution < -0.4 is 33.2 Å². The fourth-order valence-electron chi connectivity index (χ4n) is 3.92. The van der Waals surface area contributed by atoms with Gasteiger partial charge < -0.3 is 43.2 Å². The number of aromatic nitrogens is 2. The van der Waals surface area contributed by atoms with Crippen LogP contribution in [0.3, 0.4) is 0 Å². The summed E-state index contributed by atoms with van der Waals surface area (Å²) in [5.41, 5.74) is 18.2. The molecule has 0 saturated carbocycles. The van der Waals surface area contributed by atoms with Gasteiger partial charge in [-0.15, -0.1) is 0 Å². The minimum Gasteiger partial charge on any atom is -0.480 e. The molecule has 4 atom stereocenters. The van der Waals surface area contributed by atoms with E-state index >= 15 is 0 Å². The number of amides is 4. The largest absolute Gasteiger partial charge is 0.480 e. The Balaban J connectivity index is 2.13. The number of nitrogens with two attached hydrogens (primary N) is 3. The van der Waals surface area contributed by atoms with Crippen LogP contribution in [0.1, 0.15) is 43.4 Å². The maximum Gasteiger partial charge on any atom is 0.326 e. The Labute approximate surface area is 231 Å². The molecule has 0 aliphatic rings. The second-order valence-corrected chi connectivity index (χ2v) is 9.39. The number of carboxylic acids is 1. The van der Waals surface area contributed by atoms with Crippen LogP contribution in [0, 0.1) is 0 Å². The second-order valence-electron chi connectivity index (χ2n) is 9.39. The molecule has 40 heavy (non-hydrogen) atoms. The molecule has 0 bridgehead atoms. The van der Waals surface area contributed by atoms with Crippen LogP contribution in [0.5, 0.6) is 0 Å². The third-order valence-electron chi connectivity index (χ3n) is 6.12. The van der Waals surface area contributed by atoms with Crippen molar-refractivity contribution in [3.05, 3.63) is 54.1 Å². The monoisotopic (exact) mass is 558 g/mol. The number of aromatic amines is 1. The molecule has 0 saturated heterocycles. The summed E-state index contributed by atoms with van der Waals surface area (Å²) in [5, 5.41) is 17.2. The van der Waals surface area contributed by atoms with E-state index in [1.807, 2.05) is 30.3 Å². The zero-order valence-electron chi connectivity index (χ0n) is 22.2. The van der Waals surface area contributed by atoms with E-state index in [0.29, 0.717) is 25.1 Å². The number of hydrogen-bond donors (Lipinski definition) is 8.